The van der Waals surface area contributed by atoms with Crippen LogP contribution in [0.5, 0.6) is 0 Å². The lowest BCUT2D eigenvalue weighted by atomic mass is 10.1. The number of hydrogen-bond donors (Lipinski definition) is 1. The van der Waals surface area contributed by atoms with Crippen molar-refractivity contribution in [2.75, 3.05) is 11.3 Å². The van der Waals surface area contributed by atoms with Gasteiger partial charge in [-0.25, -0.2) is 8.42 Å². The maximum Gasteiger partial charge on any atom is 0.261 e. The van der Waals surface area contributed by atoms with Gasteiger partial charge in [-0.3, -0.25) is 14.5 Å². The Kier molecular flexibility index (Phi) is 6.26. The van der Waals surface area contributed by atoms with Gasteiger partial charge in [0.05, 0.1) is 21.7 Å². The summed E-state index contributed by atoms with van der Waals surface area (Å²) in [6.45, 7) is 2.94. The van der Waals surface area contributed by atoms with Crippen molar-refractivity contribution in [2.45, 2.75) is 31.2 Å². The molecule has 5 rings (SSSR count). The predicted molar refractivity (Wildman–Crippen MR) is 138 cm³/mol. The Morgan fingerprint density at radius 1 is 1.00 bits per heavy atom. The molecule has 0 bridgehead atoms. The number of aromatic nitrogens is 1. The monoisotopic (exact) mass is 485 g/mol. The van der Waals surface area contributed by atoms with E-state index >= 15 is 0 Å². The molecular weight excluding hydrogens is 458 g/mol. The normalized spacial score (nSPS) is 13.5. The third kappa shape index (κ3) is 5.35. The van der Waals surface area contributed by atoms with Gasteiger partial charge in [0.15, 0.2) is 0 Å². The van der Waals surface area contributed by atoms with Crippen LogP contribution in [0, 0.1) is 12.8 Å². The average molecular weight is 486 g/mol. The number of carbonyl (C=O) groups is 1. The molecule has 0 spiro atoms. The van der Waals surface area contributed by atoms with Crippen molar-refractivity contribution in [1.82, 2.24) is 9.88 Å². The van der Waals surface area contributed by atoms with E-state index in [1.807, 2.05) is 42.3 Å². The first-order chi connectivity index (χ1) is 16.9. The number of anilines is 1. The number of amides is 1. The number of nitrogens with one attached hydrogen (secondary N) is 1. The summed E-state index contributed by atoms with van der Waals surface area (Å²) in [5.74, 6) is 0.274. The number of nitrogens with zero attached hydrogens (tertiary/aromatic N) is 2. The molecule has 1 saturated carbocycles. The van der Waals surface area contributed by atoms with Crippen LogP contribution in [0.15, 0.2) is 90.0 Å². The largest absolute Gasteiger partial charge is 0.334 e. The first-order valence-electron chi connectivity index (χ1n) is 11.7. The summed E-state index contributed by atoms with van der Waals surface area (Å²) in [5, 5.41) is 1.02. The Morgan fingerprint density at radius 2 is 1.71 bits per heavy atom. The van der Waals surface area contributed by atoms with E-state index in [2.05, 4.69) is 15.8 Å². The van der Waals surface area contributed by atoms with Crippen LogP contribution in [-0.4, -0.2) is 30.8 Å². The molecule has 3 aromatic carbocycles. The summed E-state index contributed by atoms with van der Waals surface area (Å²) in [7, 11) is -3.84. The first-order valence-corrected chi connectivity index (χ1v) is 13.2. The zero-order chi connectivity index (χ0) is 24.4. The minimum absolute atomic E-state index is 0.155. The molecule has 4 aromatic rings. The average Bonchev–Trinajstić information content (AvgIpc) is 3.68. The van der Waals surface area contributed by atoms with Crippen molar-refractivity contribution in [2.24, 2.45) is 5.92 Å². The molecule has 0 radical (unpaired) electrons. The first kappa shape index (κ1) is 23.1. The van der Waals surface area contributed by atoms with Crippen molar-refractivity contribution in [1.29, 1.82) is 0 Å². The number of sulfonamides is 1. The van der Waals surface area contributed by atoms with E-state index in [1.165, 1.54) is 0 Å². The van der Waals surface area contributed by atoms with E-state index < -0.39 is 10.0 Å². The fourth-order valence-electron chi connectivity index (χ4n) is 4.10. The van der Waals surface area contributed by atoms with Crippen LogP contribution < -0.4 is 4.72 Å². The van der Waals surface area contributed by atoms with Gasteiger partial charge in [-0.2, -0.15) is 0 Å². The Labute approximate surface area is 205 Å². The van der Waals surface area contributed by atoms with Crippen molar-refractivity contribution in [3.05, 3.63) is 102 Å². The van der Waals surface area contributed by atoms with Gasteiger partial charge >= 0.3 is 0 Å². The fourth-order valence-corrected chi connectivity index (χ4v) is 5.18. The Bertz CT molecular complexity index is 1480. The van der Waals surface area contributed by atoms with Crippen LogP contribution in [0.4, 0.5) is 5.69 Å². The molecule has 1 amide bonds. The van der Waals surface area contributed by atoms with Crippen molar-refractivity contribution < 1.29 is 13.2 Å². The molecule has 1 aliphatic rings. The SMILES string of the molecule is Cc1ccc(S(=O)(=O)Nc2ccccc2C(=O)N(Cc2cnc3ccccc3c2)CC2CC2)cc1. The number of benzene rings is 3. The number of fused-ring (bicyclic) bond motifs is 1. The molecule has 0 unspecified atom stereocenters. The van der Waals surface area contributed by atoms with Gasteiger partial charge < -0.3 is 4.90 Å². The summed E-state index contributed by atoms with van der Waals surface area (Å²) in [5.41, 5.74) is 3.43. The summed E-state index contributed by atoms with van der Waals surface area (Å²) >= 11 is 0. The quantitative estimate of drug-likeness (QED) is 0.363. The van der Waals surface area contributed by atoms with Crippen LogP contribution in [0.2, 0.25) is 0 Å². The summed E-state index contributed by atoms with van der Waals surface area (Å²) < 4.78 is 28.7. The van der Waals surface area contributed by atoms with E-state index in [-0.39, 0.29) is 16.5 Å². The topological polar surface area (TPSA) is 79.4 Å². The molecule has 1 heterocycles. The van der Waals surface area contributed by atoms with E-state index in [0.29, 0.717) is 24.6 Å². The summed E-state index contributed by atoms with van der Waals surface area (Å²) in [4.78, 5) is 20.2. The predicted octanol–water partition coefficient (Wildman–Crippen LogP) is 5.40. The number of para-hydroxylation sites is 2. The van der Waals surface area contributed by atoms with Gasteiger partial charge in [-0.15, -0.1) is 0 Å². The highest BCUT2D eigenvalue weighted by atomic mass is 32.2. The van der Waals surface area contributed by atoms with Crippen molar-refractivity contribution >= 4 is 32.5 Å². The van der Waals surface area contributed by atoms with E-state index in [1.54, 1.807) is 48.5 Å². The molecule has 7 heteroatoms. The molecule has 1 aromatic heterocycles. The highest BCUT2D eigenvalue weighted by molar-refractivity contribution is 7.92. The zero-order valence-electron chi connectivity index (χ0n) is 19.5. The van der Waals surface area contributed by atoms with Crippen molar-refractivity contribution in [3.8, 4) is 0 Å². The van der Waals surface area contributed by atoms with Gasteiger partial charge in [0.25, 0.3) is 15.9 Å². The van der Waals surface area contributed by atoms with Crippen molar-refractivity contribution in [3.63, 3.8) is 0 Å². The molecule has 6 nitrogen and oxygen atoms in total. The lowest BCUT2D eigenvalue weighted by molar-refractivity contribution is 0.0736. The maximum absolute atomic E-state index is 13.7. The molecule has 35 heavy (non-hydrogen) atoms. The molecule has 0 saturated heterocycles. The minimum atomic E-state index is -3.84. The molecule has 1 fully saturated rings. The number of pyridine rings is 1. The lowest BCUT2D eigenvalue weighted by Gasteiger charge is -2.24. The lowest BCUT2D eigenvalue weighted by Crippen LogP contribution is -2.33. The maximum atomic E-state index is 13.7. The second-order valence-electron chi connectivity index (χ2n) is 9.13. The number of carbonyl (C=O) groups excluding carboxylic acids is 1. The zero-order valence-corrected chi connectivity index (χ0v) is 20.3. The summed E-state index contributed by atoms with van der Waals surface area (Å²) in [6, 6.07) is 23.4. The third-order valence-electron chi connectivity index (χ3n) is 6.22. The van der Waals surface area contributed by atoms with Gasteiger partial charge in [-0.05, 0) is 67.6 Å². The van der Waals surface area contributed by atoms with Gasteiger partial charge in [0.1, 0.15) is 0 Å². The Balaban J connectivity index is 1.43. The number of rotatable bonds is 8. The third-order valence-corrected chi connectivity index (χ3v) is 7.60. The second-order valence-corrected chi connectivity index (χ2v) is 10.8. The van der Waals surface area contributed by atoms with E-state index in [4.69, 9.17) is 0 Å². The summed E-state index contributed by atoms with van der Waals surface area (Å²) in [6.07, 6.45) is 4.00. The Hall–Kier alpha value is -3.71. The molecule has 1 N–H and O–H groups in total. The molecule has 0 atom stereocenters. The second kappa shape index (κ2) is 9.50. The standard InChI is InChI=1S/C28H27N3O3S/c1-20-10-14-24(15-11-20)35(33,34)30-27-9-5-3-7-25(27)28(32)31(18-21-12-13-21)19-22-16-23-6-2-4-8-26(23)29-17-22/h2-11,14-17,21,30H,12-13,18-19H2,1H3. The number of aryl methyl sites for hydroxylation is 1. The molecular formula is C28H27N3O3S. The molecule has 178 valence electrons. The van der Waals surface area contributed by atoms with Gasteiger partial charge in [0, 0.05) is 24.7 Å². The molecule has 0 aliphatic heterocycles. The highest BCUT2D eigenvalue weighted by Gasteiger charge is 2.29. The smallest absolute Gasteiger partial charge is 0.261 e. The van der Waals surface area contributed by atoms with Gasteiger partial charge in [-0.1, -0.05) is 48.0 Å². The highest BCUT2D eigenvalue weighted by Crippen LogP contribution is 2.32. The van der Waals surface area contributed by atoms with Crippen LogP contribution in [0.1, 0.15) is 34.3 Å². The van der Waals surface area contributed by atoms with E-state index in [9.17, 15) is 13.2 Å². The van der Waals surface area contributed by atoms with Crippen LogP contribution in [0.25, 0.3) is 10.9 Å². The van der Waals surface area contributed by atoms with Crippen LogP contribution >= 0.6 is 0 Å². The number of hydrogen-bond acceptors (Lipinski definition) is 4. The van der Waals surface area contributed by atoms with Crippen LogP contribution in [-0.2, 0) is 16.6 Å². The van der Waals surface area contributed by atoms with E-state index in [0.717, 1.165) is 34.9 Å². The van der Waals surface area contributed by atoms with Crippen LogP contribution in [0.3, 0.4) is 0 Å². The fraction of sp³-hybridized carbons (Fsp3) is 0.214. The minimum Gasteiger partial charge on any atom is -0.334 e. The molecule has 1 aliphatic carbocycles. The van der Waals surface area contributed by atoms with Gasteiger partial charge in [0.2, 0.25) is 0 Å². The Morgan fingerprint density at radius 3 is 2.49 bits per heavy atom.